The lowest BCUT2D eigenvalue weighted by Gasteiger charge is -2.13. The van der Waals surface area contributed by atoms with Gasteiger partial charge in [0.1, 0.15) is 17.6 Å². The summed E-state index contributed by atoms with van der Waals surface area (Å²) in [6.45, 7) is 1.71. The second kappa shape index (κ2) is 9.55. The molecule has 0 radical (unpaired) electrons. The summed E-state index contributed by atoms with van der Waals surface area (Å²) in [6.07, 6.45) is 0. The quantitative estimate of drug-likeness (QED) is 0.337. The first kappa shape index (κ1) is 24.8. The second-order valence-corrected chi connectivity index (χ2v) is 10.1. The number of benzene rings is 4. The number of nitriles is 1. The molecule has 0 saturated carbocycles. The van der Waals surface area contributed by atoms with Crippen LogP contribution in [0.1, 0.15) is 21.7 Å². The number of nitrogens with zero attached hydrogens (tertiary/aromatic N) is 3. The van der Waals surface area contributed by atoms with E-state index >= 15 is 4.39 Å². The SMILES string of the molecule is Cc1cc(C(=O)Nc2ccc(-c3ccccc3S(N)(=O)=O)cc2F)n(-c2cc3ccccc3cc2C#N)n1. The summed E-state index contributed by atoms with van der Waals surface area (Å²) in [5.41, 5.74) is 1.78. The molecule has 3 N–H and O–H groups in total. The normalized spacial score (nSPS) is 11.3. The molecule has 0 fully saturated rings. The molecule has 38 heavy (non-hydrogen) atoms. The van der Waals surface area contributed by atoms with Gasteiger partial charge in [-0.2, -0.15) is 10.4 Å². The molecule has 5 aromatic rings. The van der Waals surface area contributed by atoms with E-state index in [4.69, 9.17) is 5.14 Å². The highest BCUT2D eigenvalue weighted by molar-refractivity contribution is 7.89. The zero-order chi connectivity index (χ0) is 27.0. The molecular weight excluding hydrogens is 505 g/mol. The number of rotatable bonds is 5. The zero-order valence-corrected chi connectivity index (χ0v) is 20.8. The van der Waals surface area contributed by atoms with Gasteiger partial charge in [-0.15, -0.1) is 0 Å². The number of nitrogens with one attached hydrogen (secondary N) is 1. The number of sulfonamides is 1. The lowest BCUT2D eigenvalue weighted by atomic mass is 10.0. The molecule has 0 spiro atoms. The number of carbonyl (C=O) groups is 1. The Kier molecular flexibility index (Phi) is 6.24. The Morgan fingerprint density at radius 3 is 2.37 bits per heavy atom. The molecule has 0 aliphatic carbocycles. The number of carbonyl (C=O) groups excluding carboxylic acids is 1. The predicted octanol–water partition coefficient (Wildman–Crippen LogP) is 4.91. The number of aromatic nitrogens is 2. The van der Waals surface area contributed by atoms with Gasteiger partial charge in [0, 0.05) is 5.56 Å². The third-order valence-electron chi connectivity index (χ3n) is 6.00. The van der Waals surface area contributed by atoms with Gasteiger partial charge in [0.05, 0.1) is 27.5 Å². The monoisotopic (exact) mass is 525 g/mol. The maximum atomic E-state index is 15.1. The summed E-state index contributed by atoms with van der Waals surface area (Å²) >= 11 is 0. The molecule has 1 heterocycles. The number of primary sulfonamides is 1. The van der Waals surface area contributed by atoms with Crippen molar-refractivity contribution in [2.45, 2.75) is 11.8 Å². The van der Waals surface area contributed by atoms with E-state index < -0.39 is 21.7 Å². The number of hydrogen-bond acceptors (Lipinski definition) is 5. The van der Waals surface area contributed by atoms with Crippen LogP contribution in [0.3, 0.4) is 0 Å². The number of aryl methyl sites for hydroxylation is 1. The van der Waals surface area contributed by atoms with Crippen LogP contribution < -0.4 is 10.5 Å². The lowest BCUT2D eigenvalue weighted by Crippen LogP contribution is -2.18. The van der Waals surface area contributed by atoms with E-state index in [1.165, 1.54) is 35.0 Å². The Bertz CT molecular complexity index is 1890. The Balaban J connectivity index is 1.51. The summed E-state index contributed by atoms with van der Waals surface area (Å²) in [4.78, 5) is 13.1. The third kappa shape index (κ3) is 4.64. The molecule has 0 unspecified atom stereocenters. The fraction of sp³-hybridized carbons (Fsp3) is 0.0357. The zero-order valence-electron chi connectivity index (χ0n) is 20.0. The fourth-order valence-electron chi connectivity index (χ4n) is 4.26. The van der Waals surface area contributed by atoms with Crippen molar-refractivity contribution in [1.82, 2.24) is 9.78 Å². The van der Waals surface area contributed by atoms with Crippen LogP contribution in [0.5, 0.6) is 0 Å². The van der Waals surface area contributed by atoms with Crippen LogP contribution >= 0.6 is 0 Å². The highest BCUT2D eigenvalue weighted by atomic mass is 32.2. The summed E-state index contributed by atoms with van der Waals surface area (Å²) < 4.78 is 40.4. The number of halogens is 1. The molecule has 0 saturated heterocycles. The van der Waals surface area contributed by atoms with E-state index in [1.54, 1.807) is 31.2 Å². The predicted molar refractivity (Wildman–Crippen MR) is 142 cm³/mol. The molecule has 0 aliphatic rings. The van der Waals surface area contributed by atoms with Crippen molar-refractivity contribution in [3.63, 3.8) is 0 Å². The average Bonchev–Trinajstić information content (AvgIpc) is 3.30. The second-order valence-electron chi connectivity index (χ2n) is 8.60. The first-order valence-corrected chi connectivity index (χ1v) is 12.9. The third-order valence-corrected chi connectivity index (χ3v) is 6.97. The van der Waals surface area contributed by atoms with E-state index in [0.29, 0.717) is 16.9 Å². The van der Waals surface area contributed by atoms with E-state index in [1.807, 2.05) is 24.3 Å². The van der Waals surface area contributed by atoms with Gasteiger partial charge in [-0.05, 0) is 59.7 Å². The Morgan fingerprint density at radius 1 is 1.00 bits per heavy atom. The molecule has 0 bridgehead atoms. The maximum absolute atomic E-state index is 15.1. The fourth-order valence-corrected chi connectivity index (χ4v) is 5.02. The van der Waals surface area contributed by atoms with Crippen molar-refractivity contribution in [2.75, 3.05) is 5.32 Å². The van der Waals surface area contributed by atoms with Crippen LogP contribution in [0.4, 0.5) is 10.1 Å². The van der Waals surface area contributed by atoms with E-state index in [-0.39, 0.29) is 27.4 Å². The lowest BCUT2D eigenvalue weighted by molar-refractivity contribution is 0.101. The Labute approximate surface area is 217 Å². The van der Waals surface area contributed by atoms with Crippen LogP contribution in [0.2, 0.25) is 0 Å². The highest BCUT2D eigenvalue weighted by Gasteiger charge is 2.21. The van der Waals surface area contributed by atoms with Gasteiger partial charge in [-0.1, -0.05) is 48.5 Å². The number of fused-ring (bicyclic) bond motifs is 1. The first-order chi connectivity index (χ1) is 18.2. The van der Waals surface area contributed by atoms with E-state index in [0.717, 1.165) is 16.8 Å². The molecule has 8 nitrogen and oxygen atoms in total. The molecule has 188 valence electrons. The Morgan fingerprint density at radius 2 is 1.68 bits per heavy atom. The van der Waals surface area contributed by atoms with Gasteiger partial charge in [0.2, 0.25) is 10.0 Å². The van der Waals surface area contributed by atoms with E-state index in [2.05, 4.69) is 16.5 Å². The molecule has 0 aliphatic heterocycles. The van der Waals surface area contributed by atoms with Crippen LogP contribution in [0.15, 0.2) is 89.8 Å². The van der Waals surface area contributed by atoms with Gasteiger partial charge < -0.3 is 5.32 Å². The smallest absolute Gasteiger partial charge is 0.274 e. The minimum Gasteiger partial charge on any atom is -0.318 e. The van der Waals surface area contributed by atoms with Crippen LogP contribution in [0, 0.1) is 24.1 Å². The topological polar surface area (TPSA) is 131 Å². The van der Waals surface area contributed by atoms with Crippen molar-refractivity contribution in [2.24, 2.45) is 5.14 Å². The number of nitrogens with two attached hydrogens (primary N) is 1. The minimum absolute atomic E-state index is 0.109. The molecule has 10 heteroatoms. The summed E-state index contributed by atoms with van der Waals surface area (Å²) in [5.74, 6) is -1.41. The van der Waals surface area contributed by atoms with Crippen molar-refractivity contribution in [3.8, 4) is 22.9 Å². The number of anilines is 1. The van der Waals surface area contributed by atoms with Gasteiger partial charge in [-0.25, -0.2) is 22.6 Å². The van der Waals surface area contributed by atoms with Crippen LogP contribution in [-0.2, 0) is 10.0 Å². The average molecular weight is 526 g/mol. The van der Waals surface area contributed by atoms with Crippen molar-refractivity contribution < 1.29 is 17.6 Å². The van der Waals surface area contributed by atoms with Gasteiger partial charge in [0.25, 0.3) is 5.91 Å². The molecule has 1 aromatic heterocycles. The summed E-state index contributed by atoms with van der Waals surface area (Å²) in [6, 6.07) is 24.6. The summed E-state index contributed by atoms with van der Waals surface area (Å²) in [7, 11) is -4.03. The molecule has 1 amide bonds. The standard InChI is InChI=1S/C28H20FN5O3S/c1-17-12-26(34(33-17)25-15-19-7-3-2-6-18(19)13-21(25)16-30)28(35)32-24-11-10-20(14-23(24)29)22-8-4-5-9-27(22)38(31,36)37/h2-15H,1H3,(H,32,35)(H2,31,36,37). The highest BCUT2D eigenvalue weighted by Crippen LogP contribution is 2.30. The van der Waals surface area contributed by atoms with Crippen molar-refractivity contribution in [3.05, 3.63) is 108 Å². The van der Waals surface area contributed by atoms with E-state index in [9.17, 15) is 18.5 Å². The largest absolute Gasteiger partial charge is 0.318 e. The summed E-state index contributed by atoms with van der Waals surface area (Å²) in [5, 5.41) is 23.7. The van der Waals surface area contributed by atoms with Crippen molar-refractivity contribution in [1.29, 1.82) is 5.26 Å². The maximum Gasteiger partial charge on any atom is 0.274 e. The van der Waals surface area contributed by atoms with Gasteiger partial charge in [0.15, 0.2) is 0 Å². The minimum atomic E-state index is -4.03. The number of hydrogen-bond donors (Lipinski definition) is 2. The van der Waals surface area contributed by atoms with Crippen LogP contribution in [-0.4, -0.2) is 24.1 Å². The van der Waals surface area contributed by atoms with Gasteiger partial charge >= 0.3 is 0 Å². The Hall–Kier alpha value is -4.85. The van der Waals surface area contributed by atoms with Gasteiger partial charge in [-0.3, -0.25) is 4.79 Å². The van der Waals surface area contributed by atoms with Crippen molar-refractivity contribution >= 4 is 32.4 Å². The first-order valence-electron chi connectivity index (χ1n) is 11.4. The molecular formula is C28H20FN5O3S. The van der Waals surface area contributed by atoms with Crippen LogP contribution in [0.25, 0.3) is 27.6 Å². The molecule has 0 atom stereocenters. The molecule has 5 rings (SSSR count). The molecule has 4 aromatic carbocycles. The number of amides is 1.